The first-order chi connectivity index (χ1) is 18.4. The highest BCUT2D eigenvalue weighted by molar-refractivity contribution is 9.10. The van der Waals surface area contributed by atoms with E-state index in [1.54, 1.807) is 0 Å². The van der Waals surface area contributed by atoms with E-state index in [-0.39, 0.29) is 16.9 Å². The number of aromatic nitrogens is 2. The van der Waals surface area contributed by atoms with E-state index in [9.17, 15) is 21.6 Å². The number of alkyl halides is 3. The third kappa shape index (κ3) is 7.73. The summed E-state index contributed by atoms with van der Waals surface area (Å²) in [4.78, 5) is 10.9. The number of hydrogen-bond donors (Lipinski definition) is 2. The summed E-state index contributed by atoms with van der Waals surface area (Å²) >= 11 is 3.05. The molecule has 0 atom stereocenters. The van der Waals surface area contributed by atoms with E-state index in [4.69, 9.17) is 4.98 Å². The molecule has 212 valence electrons. The summed E-state index contributed by atoms with van der Waals surface area (Å²) in [5.74, 6) is 1.13. The molecule has 1 aliphatic carbocycles. The first-order valence-corrected chi connectivity index (χ1v) is 15.0. The molecule has 1 aliphatic rings. The molecule has 1 saturated carbocycles. The zero-order valence-corrected chi connectivity index (χ0v) is 24.0. The molecular weight excluding hydrogens is 599 g/mol. The maximum absolute atomic E-state index is 12.8. The number of nitrogens with zero attached hydrogens (tertiary/aromatic N) is 3. The molecule has 0 bridgehead atoms. The molecule has 0 radical (unpaired) electrons. The van der Waals surface area contributed by atoms with Crippen molar-refractivity contribution in [1.29, 1.82) is 0 Å². The van der Waals surface area contributed by atoms with Crippen LogP contribution in [0.5, 0.6) is 5.75 Å². The molecule has 13 heteroatoms. The van der Waals surface area contributed by atoms with Gasteiger partial charge in [0.05, 0.1) is 5.52 Å². The Morgan fingerprint density at radius 2 is 1.72 bits per heavy atom. The van der Waals surface area contributed by atoms with Crippen LogP contribution in [-0.4, -0.2) is 51.4 Å². The van der Waals surface area contributed by atoms with E-state index in [2.05, 4.69) is 47.5 Å². The molecule has 3 aromatic rings. The average Bonchev–Trinajstić information content (AvgIpc) is 2.89. The van der Waals surface area contributed by atoms with Gasteiger partial charge in [-0.05, 0) is 74.8 Å². The van der Waals surface area contributed by atoms with E-state index >= 15 is 0 Å². The van der Waals surface area contributed by atoms with E-state index in [1.807, 2.05) is 31.3 Å². The van der Waals surface area contributed by atoms with Crippen LogP contribution in [0.25, 0.3) is 10.9 Å². The van der Waals surface area contributed by atoms with Crippen molar-refractivity contribution in [2.75, 3.05) is 36.9 Å². The largest absolute Gasteiger partial charge is 0.573 e. The van der Waals surface area contributed by atoms with E-state index in [0.29, 0.717) is 18.4 Å². The van der Waals surface area contributed by atoms with Crippen LogP contribution in [0.4, 0.5) is 24.9 Å². The zero-order valence-electron chi connectivity index (χ0n) is 21.6. The van der Waals surface area contributed by atoms with Crippen molar-refractivity contribution in [3.63, 3.8) is 0 Å². The van der Waals surface area contributed by atoms with Crippen molar-refractivity contribution in [2.45, 2.75) is 43.9 Å². The fourth-order valence-corrected chi connectivity index (χ4v) is 6.23. The van der Waals surface area contributed by atoms with Gasteiger partial charge in [0, 0.05) is 36.5 Å². The fourth-order valence-electron chi connectivity index (χ4n) is 4.67. The minimum Gasteiger partial charge on any atom is -0.404 e. The predicted molar refractivity (Wildman–Crippen MR) is 148 cm³/mol. The lowest BCUT2D eigenvalue weighted by Crippen LogP contribution is -2.33. The Balaban J connectivity index is 1.32. The lowest BCUT2D eigenvalue weighted by molar-refractivity contribution is -0.275. The number of nitrogens with one attached hydrogen (secondary N) is 2. The van der Waals surface area contributed by atoms with Crippen molar-refractivity contribution >= 4 is 48.6 Å². The highest BCUT2D eigenvalue weighted by Gasteiger charge is 2.34. The van der Waals surface area contributed by atoms with E-state index in [0.717, 1.165) is 61.1 Å². The lowest BCUT2D eigenvalue weighted by Gasteiger charge is -2.29. The summed E-state index contributed by atoms with van der Waals surface area (Å²) < 4.78 is 70.7. The van der Waals surface area contributed by atoms with Crippen LogP contribution in [0.15, 0.2) is 51.8 Å². The second-order valence-electron chi connectivity index (χ2n) is 9.66. The number of para-hydroxylation sites is 1. The molecule has 0 spiro atoms. The van der Waals surface area contributed by atoms with Crippen molar-refractivity contribution in [3.05, 3.63) is 46.9 Å². The second kappa shape index (κ2) is 12.3. The Labute approximate surface area is 234 Å². The van der Waals surface area contributed by atoms with Crippen molar-refractivity contribution in [3.8, 4) is 5.75 Å². The first kappa shape index (κ1) is 29.3. The molecule has 2 N–H and O–H groups in total. The first-order valence-electron chi connectivity index (χ1n) is 12.7. The number of anilines is 2. The van der Waals surface area contributed by atoms with Crippen LogP contribution < -0.4 is 19.7 Å². The molecular formula is C26H31BrF3N5O3S. The lowest BCUT2D eigenvalue weighted by atomic mass is 9.82. The van der Waals surface area contributed by atoms with Crippen molar-refractivity contribution < 1.29 is 26.3 Å². The molecule has 1 heterocycles. The summed E-state index contributed by atoms with van der Waals surface area (Å²) in [6.45, 7) is 3.72. The fraction of sp³-hybridized carbons (Fsp3) is 0.462. The number of halogens is 4. The van der Waals surface area contributed by atoms with Gasteiger partial charge in [-0.2, -0.15) is 4.98 Å². The smallest absolute Gasteiger partial charge is 0.404 e. The van der Waals surface area contributed by atoms with E-state index < -0.39 is 27.0 Å². The van der Waals surface area contributed by atoms with Gasteiger partial charge in [-0.3, -0.25) is 0 Å². The highest BCUT2D eigenvalue weighted by atomic mass is 79.9. The Bertz CT molecular complexity index is 1400. The van der Waals surface area contributed by atoms with Gasteiger partial charge in [0.25, 0.3) is 0 Å². The van der Waals surface area contributed by atoms with Gasteiger partial charge in [-0.15, -0.1) is 13.2 Å². The third-order valence-corrected chi connectivity index (χ3v) is 8.87. The minimum atomic E-state index is -5.01. The van der Waals surface area contributed by atoms with E-state index in [1.165, 1.54) is 6.07 Å². The van der Waals surface area contributed by atoms with Crippen LogP contribution in [0.2, 0.25) is 0 Å². The van der Waals surface area contributed by atoms with Gasteiger partial charge in [0.15, 0.2) is 5.75 Å². The number of fused-ring (bicyclic) bond motifs is 1. The molecule has 39 heavy (non-hydrogen) atoms. The minimum absolute atomic E-state index is 0.0835. The monoisotopic (exact) mass is 629 g/mol. The quantitative estimate of drug-likeness (QED) is 0.286. The van der Waals surface area contributed by atoms with Gasteiger partial charge in [-0.25, -0.2) is 18.1 Å². The van der Waals surface area contributed by atoms with Gasteiger partial charge in [-0.1, -0.05) is 28.1 Å². The average molecular weight is 631 g/mol. The van der Waals surface area contributed by atoms with Gasteiger partial charge >= 0.3 is 6.36 Å². The maximum Gasteiger partial charge on any atom is 0.573 e. The number of ether oxygens (including phenoxy) is 1. The summed E-state index contributed by atoms with van der Waals surface area (Å²) in [6, 6.07) is 11.3. The number of sulfonamides is 1. The SMILES string of the molecule is CCN(C)c1nc(NC[C@H]2CC[C@H](CNS(=O)(=O)c3ccc(Br)cc3OC(F)(F)F)CC2)nc2ccccc12. The number of benzene rings is 2. The van der Waals surface area contributed by atoms with Crippen LogP contribution in [0.1, 0.15) is 32.6 Å². The topological polar surface area (TPSA) is 96.5 Å². The van der Waals surface area contributed by atoms with Crippen LogP contribution in [0, 0.1) is 11.8 Å². The predicted octanol–water partition coefficient (Wildman–Crippen LogP) is 5.94. The summed E-state index contributed by atoms with van der Waals surface area (Å²) in [5, 5.41) is 4.37. The zero-order chi connectivity index (χ0) is 28.2. The van der Waals surface area contributed by atoms with Crippen LogP contribution in [-0.2, 0) is 10.0 Å². The molecule has 0 saturated heterocycles. The van der Waals surface area contributed by atoms with Crippen molar-refractivity contribution in [1.82, 2.24) is 14.7 Å². The van der Waals surface area contributed by atoms with Gasteiger partial charge in [0.1, 0.15) is 10.7 Å². The summed E-state index contributed by atoms with van der Waals surface area (Å²) in [6.07, 6.45) is -1.65. The number of hydrogen-bond acceptors (Lipinski definition) is 7. The normalized spacial score (nSPS) is 18.2. The molecule has 8 nitrogen and oxygen atoms in total. The Kier molecular flexibility index (Phi) is 9.22. The van der Waals surface area contributed by atoms with Crippen LogP contribution >= 0.6 is 15.9 Å². The van der Waals surface area contributed by atoms with Gasteiger partial charge in [0.2, 0.25) is 16.0 Å². The molecule has 1 aromatic heterocycles. The van der Waals surface area contributed by atoms with Crippen molar-refractivity contribution in [2.24, 2.45) is 11.8 Å². The molecule has 0 unspecified atom stereocenters. The maximum atomic E-state index is 12.8. The Hall–Kier alpha value is -2.64. The highest BCUT2D eigenvalue weighted by Crippen LogP contribution is 2.33. The summed E-state index contributed by atoms with van der Waals surface area (Å²) in [5.41, 5.74) is 0.871. The summed E-state index contributed by atoms with van der Waals surface area (Å²) in [7, 11) is -2.20. The molecule has 0 amide bonds. The standard InChI is InChI=1S/C26H31BrF3N5O3S/c1-3-35(2)24-20-6-4-5-7-21(20)33-25(34-24)31-15-17-8-10-18(11-9-17)16-32-39(36,37)23-13-12-19(27)14-22(23)38-26(28,29)30/h4-7,12-14,17-18,32H,3,8-11,15-16H2,1-2H3,(H,31,33,34)/t17-,18-. The number of rotatable bonds is 10. The molecule has 1 fully saturated rings. The second-order valence-corrected chi connectivity index (χ2v) is 12.3. The van der Waals surface area contributed by atoms with Crippen LogP contribution in [0.3, 0.4) is 0 Å². The van der Waals surface area contributed by atoms with Gasteiger partial charge < -0.3 is 15.0 Å². The third-order valence-electron chi connectivity index (χ3n) is 6.92. The molecule has 2 aromatic carbocycles. The molecule has 0 aliphatic heterocycles. The Morgan fingerprint density at radius 3 is 2.38 bits per heavy atom. The Morgan fingerprint density at radius 1 is 1.05 bits per heavy atom. The molecule has 4 rings (SSSR count).